The van der Waals surface area contributed by atoms with Crippen LogP contribution in [0.4, 0.5) is 0 Å². The number of hydrogen-bond donors (Lipinski definition) is 0. The lowest BCUT2D eigenvalue weighted by Gasteiger charge is -2.25. The summed E-state index contributed by atoms with van der Waals surface area (Å²) in [6.45, 7) is 4.11. The van der Waals surface area contributed by atoms with Crippen molar-refractivity contribution in [2.75, 3.05) is 0 Å². The standard InChI is InChI=1S/C10H12O2/c1-5-3-6-7-4-8(5)12-9(11)10(6,7)2/h3,6-8H,4H2,1-2H3. The van der Waals surface area contributed by atoms with Crippen LogP contribution in [0.15, 0.2) is 11.6 Å². The van der Waals surface area contributed by atoms with Crippen molar-refractivity contribution in [1.29, 1.82) is 0 Å². The Morgan fingerprint density at radius 1 is 1.67 bits per heavy atom. The third-order valence-corrected chi connectivity index (χ3v) is 3.89. The van der Waals surface area contributed by atoms with Gasteiger partial charge in [-0.3, -0.25) is 4.79 Å². The Balaban J connectivity index is 2.11. The van der Waals surface area contributed by atoms with Gasteiger partial charge in [-0.1, -0.05) is 6.08 Å². The zero-order valence-electron chi connectivity index (χ0n) is 7.33. The first-order valence-corrected chi connectivity index (χ1v) is 4.53. The normalized spacial score (nSPS) is 54.3. The van der Waals surface area contributed by atoms with Crippen molar-refractivity contribution in [3.63, 3.8) is 0 Å². The van der Waals surface area contributed by atoms with Crippen LogP contribution in [0, 0.1) is 17.3 Å². The van der Waals surface area contributed by atoms with Gasteiger partial charge in [0.2, 0.25) is 0 Å². The predicted octanol–water partition coefficient (Wildman–Crippen LogP) is 1.51. The van der Waals surface area contributed by atoms with Gasteiger partial charge in [0, 0.05) is 0 Å². The van der Waals surface area contributed by atoms with E-state index in [1.807, 2.05) is 6.92 Å². The first-order chi connectivity index (χ1) is 5.64. The summed E-state index contributed by atoms with van der Waals surface area (Å²) in [5.41, 5.74) is 1.11. The fraction of sp³-hybridized carbons (Fsp3) is 0.700. The van der Waals surface area contributed by atoms with Gasteiger partial charge >= 0.3 is 5.97 Å². The van der Waals surface area contributed by atoms with E-state index in [4.69, 9.17) is 4.74 Å². The summed E-state index contributed by atoms with van der Waals surface area (Å²) in [7, 11) is 0. The maximum atomic E-state index is 11.5. The first kappa shape index (κ1) is 6.70. The Morgan fingerprint density at radius 3 is 3.17 bits per heavy atom. The summed E-state index contributed by atoms with van der Waals surface area (Å²) in [5, 5.41) is 0. The summed E-state index contributed by atoms with van der Waals surface area (Å²) in [4.78, 5) is 11.5. The van der Waals surface area contributed by atoms with Gasteiger partial charge in [-0.2, -0.15) is 0 Å². The maximum absolute atomic E-state index is 11.5. The third kappa shape index (κ3) is 0.501. The van der Waals surface area contributed by atoms with Crippen LogP contribution in [0.5, 0.6) is 0 Å². The Hall–Kier alpha value is -0.790. The molecule has 3 rings (SSSR count). The molecule has 4 atom stereocenters. The van der Waals surface area contributed by atoms with Crippen molar-refractivity contribution >= 4 is 5.97 Å². The average Bonchev–Trinajstić information content (AvgIpc) is 2.61. The van der Waals surface area contributed by atoms with E-state index in [-0.39, 0.29) is 17.5 Å². The number of rotatable bonds is 0. The van der Waals surface area contributed by atoms with Crippen LogP contribution < -0.4 is 0 Å². The van der Waals surface area contributed by atoms with E-state index in [0.29, 0.717) is 11.8 Å². The van der Waals surface area contributed by atoms with Crippen molar-refractivity contribution in [1.82, 2.24) is 0 Å². The third-order valence-electron chi connectivity index (χ3n) is 3.89. The van der Waals surface area contributed by atoms with Crippen LogP contribution in [0.1, 0.15) is 20.3 Å². The Labute approximate surface area is 71.6 Å². The minimum absolute atomic E-state index is 0.0295. The molecule has 0 radical (unpaired) electrons. The molecular formula is C10H12O2. The molecular weight excluding hydrogens is 152 g/mol. The van der Waals surface area contributed by atoms with Gasteiger partial charge in [0.1, 0.15) is 6.10 Å². The van der Waals surface area contributed by atoms with Crippen molar-refractivity contribution in [2.45, 2.75) is 26.4 Å². The molecule has 1 saturated heterocycles. The SMILES string of the molecule is CC1=CC2C3CC1OC(=O)C23C. The molecule has 0 amide bonds. The highest BCUT2D eigenvalue weighted by molar-refractivity contribution is 5.84. The maximum Gasteiger partial charge on any atom is 0.313 e. The van der Waals surface area contributed by atoms with Gasteiger partial charge in [-0.15, -0.1) is 0 Å². The molecule has 0 aromatic heterocycles. The number of carbonyl (C=O) groups is 1. The Kier molecular flexibility index (Phi) is 0.897. The van der Waals surface area contributed by atoms with Crippen LogP contribution in [0.3, 0.4) is 0 Å². The molecule has 2 nitrogen and oxygen atoms in total. The van der Waals surface area contributed by atoms with Crippen molar-refractivity contribution in [3.05, 3.63) is 11.6 Å². The number of ether oxygens (including phenoxy) is 1. The fourth-order valence-corrected chi connectivity index (χ4v) is 2.81. The summed E-state index contributed by atoms with van der Waals surface area (Å²) in [6.07, 6.45) is 3.41. The quantitative estimate of drug-likeness (QED) is 0.400. The summed E-state index contributed by atoms with van der Waals surface area (Å²) < 4.78 is 5.34. The van der Waals surface area contributed by atoms with Crippen LogP contribution >= 0.6 is 0 Å². The number of esters is 1. The summed E-state index contributed by atoms with van der Waals surface area (Å²) in [5.74, 6) is 1.11. The lowest BCUT2D eigenvalue weighted by molar-refractivity contribution is -0.158. The number of carbonyl (C=O) groups excluding carboxylic acids is 1. The Bertz CT molecular complexity index is 305. The molecule has 12 heavy (non-hydrogen) atoms. The minimum Gasteiger partial charge on any atom is -0.457 e. The molecule has 4 unspecified atom stereocenters. The smallest absolute Gasteiger partial charge is 0.313 e. The van der Waals surface area contributed by atoms with Gasteiger partial charge < -0.3 is 4.74 Å². The van der Waals surface area contributed by atoms with Crippen LogP contribution in [0.25, 0.3) is 0 Å². The Morgan fingerprint density at radius 2 is 2.42 bits per heavy atom. The fourth-order valence-electron chi connectivity index (χ4n) is 2.81. The van der Waals surface area contributed by atoms with E-state index < -0.39 is 0 Å². The van der Waals surface area contributed by atoms with Crippen molar-refractivity contribution in [3.8, 4) is 0 Å². The van der Waals surface area contributed by atoms with E-state index in [1.165, 1.54) is 5.57 Å². The van der Waals surface area contributed by atoms with E-state index >= 15 is 0 Å². The highest BCUT2D eigenvalue weighted by atomic mass is 16.5. The molecule has 0 aromatic rings. The van der Waals surface area contributed by atoms with Crippen LogP contribution in [-0.4, -0.2) is 12.1 Å². The molecule has 1 saturated carbocycles. The van der Waals surface area contributed by atoms with Gasteiger partial charge in [0.15, 0.2) is 0 Å². The largest absolute Gasteiger partial charge is 0.457 e. The minimum atomic E-state index is -0.145. The molecule has 2 aliphatic carbocycles. The molecule has 2 bridgehead atoms. The van der Waals surface area contributed by atoms with Gasteiger partial charge in [-0.05, 0) is 37.7 Å². The topological polar surface area (TPSA) is 26.3 Å². The van der Waals surface area contributed by atoms with Crippen LogP contribution in [0.2, 0.25) is 0 Å². The molecule has 1 heterocycles. The first-order valence-electron chi connectivity index (χ1n) is 4.53. The molecule has 2 fully saturated rings. The van der Waals surface area contributed by atoms with Crippen molar-refractivity contribution in [2.24, 2.45) is 17.3 Å². The van der Waals surface area contributed by atoms with E-state index in [2.05, 4.69) is 13.0 Å². The molecule has 0 N–H and O–H groups in total. The molecule has 2 heteroatoms. The lowest BCUT2D eigenvalue weighted by Crippen LogP contribution is -2.31. The van der Waals surface area contributed by atoms with Crippen molar-refractivity contribution < 1.29 is 9.53 Å². The number of hydrogen-bond acceptors (Lipinski definition) is 2. The molecule has 1 aliphatic heterocycles. The molecule has 0 spiro atoms. The lowest BCUT2D eigenvalue weighted by atomic mass is 9.95. The zero-order chi connectivity index (χ0) is 8.51. The summed E-state index contributed by atoms with van der Waals surface area (Å²) in [6, 6.07) is 0. The van der Waals surface area contributed by atoms with Gasteiger partial charge in [0.25, 0.3) is 0 Å². The van der Waals surface area contributed by atoms with Gasteiger partial charge in [0.05, 0.1) is 5.41 Å². The number of allylic oxidation sites excluding steroid dienone is 1. The number of fused-ring (bicyclic) bond motifs is 2. The predicted molar refractivity (Wildman–Crippen MR) is 43.3 cm³/mol. The molecule has 0 aromatic carbocycles. The van der Waals surface area contributed by atoms with Crippen LogP contribution in [-0.2, 0) is 9.53 Å². The van der Waals surface area contributed by atoms with E-state index in [0.717, 1.165) is 6.42 Å². The summed E-state index contributed by atoms with van der Waals surface area (Å²) >= 11 is 0. The van der Waals surface area contributed by atoms with E-state index in [1.54, 1.807) is 0 Å². The molecule has 64 valence electrons. The second-order valence-corrected chi connectivity index (χ2v) is 4.46. The average molecular weight is 164 g/mol. The monoisotopic (exact) mass is 164 g/mol. The highest BCUT2D eigenvalue weighted by Gasteiger charge is 2.70. The van der Waals surface area contributed by atoms with Gasteiger partial charge in [-0.25, -0.2) is 0 Å². The second-order valence-electron chi connectivity index (χ2n) is 4.46. The van der Waals surface area contributed by atoms with E-state index in [9.17, 15) is 4.79 Å². The molecule has 3 aliphatic rings. The second kappa shape index (κ2) is 1.61. The highest BCUT2D eigenvalue weighted by Crippen LogP contribution is 2.67. The zero-order valence-corrected chi connectivity index (χ0v) is 7.33.